The van der Waals surface area contributed by atoms with E-state index in [-0.39, 0.29) is 11.0 Å². The van der Waals surface area contributed by atoms with Crippen LogP contribution in [0, 0.1) is 11.3 Å². The average Bonchev–Trinajstić information content (AvgIpc) is 2.98. The van der Waals surface area contributed by atoms with Crippen LogP contribution in [0.15, 0.2) is 53.7 Å². The van der Waals surface area contributed by atoms with E-state index in [9.17, 15) is 4.79 Å². The standard InChI is InChI=1S/C22H22N6O2/c1-22(17-5-3-16(12-23)4-6-17)13-28(9-10-30-14-22)21-26-19(11-20(29)27(21)2)18-7-8-24-15-25-18/h3-8,11,15H,9-10,13-14H2,1-2H3. The van der Waals surface area contributed by atoms with Gasteiger partial charge >= 0.3 is 0 Å². The highest BCUT2D eigenvalue weighted by Gasteiger charge is 2.33. The summed E-state index contributed by atoms with van der Waals surface area (Å²) < 4.78 is 7.47. The molecule has 1 saturated heterocycles. The summed E-state index contributed by atoms with van der Waals surface area (Å²) in [6.07, 6.45) is 3.07. The van der Waals surface area contributed by atoms with Crippen LogP contribution in [-0.4, -0.2) is 45.8 Å². The minimum atomic E-state index is -0.326. The van der Waals surface area contributed by atoms with Gasteiger partial charge in [0, 0.05) is 37.8 Å². The Morgan fingerprint density at radius 3 is 2.70 bits per heavy atom. The van der Waals surface area contributed by atoms with E-state index in [1.807, 2.05) is 24.3 Å². The molecule has 1 aliphatic rings. The topological polar surface area (TPSA) is 96.9 Å². The normalized spacial score (nSPS) is 19.2. The molecule has 3 heterocycles. The summed E-state index contributed by atoms with van der Waals surface area (Å²) in [7, 11) is 1.72. The third-order valence-corrected chi connectivity index (χ3v) is 5.42. The lowest BCUT2D eigenvalue weighted by molar-refractivity contribution is 0.113. The number of hydrogen-bond donors (Lipinski definition) is 0. The smallest absolute Gasteiger partial charge is 0.255 e. The lowest BCUT2D eigenvalue weighted by atomic mass is 9.82. The molecule has 3 aromatic rings. The summed E-state index contributed by atoms with van der Waals surface area (Å²) in [5.74, 6) is 0.571. The third kappa shape index (κ3) is 3.80. The molecule has 0 amide bonds. The SMILES string of the molecule is Cn1c(N2CCOCC(C)(c3ccc(C#N)cc3)C2)nc(-c2ccncn2)cc1=O. The van der Waals surface area contributed by atoms with Gasteiger partial charge in [-0.3, -0.25) is 9.36 Å². The zero-order chi connectivity index (χ0) is 21.1. The molecule has 0 bridgehead atoms. The largest absolute Gasteiger partial charge is 0.379 e. The molecule has 0 radical (unpaired) electrons. The fraction of sp³-hybridized carbons (Fsp3) is 0.318. The van der Waals surface area contributed by atoms with Crippen LogP contribution in [0.4, 0.5) is 5.95 Å². The molecule has 8 heteroatoms. The van der Waals surface area contributed by atoms with E-state index < -0.39 is 0 Å². The first-order chi connectivity index (χ1) is 14.5. The molecule has 4 rings (SSSR count). The van der Waals surface area contributed by atoms with Crippen molar-refractivity contribution in [2.45, 2.75) is 12.3 Å². The zero-order valence-electron chi connectivity index (χ0n) is 16.9. The van der Waals surface area contributed by atoms with E-state index in [2.05, 4.69) is 27.9 Å². The lowest BCUT2D eigenvalue weighted by Crippen LogP contribution is -2.42. The molecular weight excluding hydrogens is 380 g/mol. The molecule has 0 aliphatic carbocycles. The summed E-state index contributed by atoms with van der Waals surface area (Å²) in [4.78, 5) is 27.6. The van der Waals surface area contributed by atoms with E-state index in [1.165, 1.54) is 12.4 Å². The summed E-state index contributed by atoms with van der Waals surface area (Å²) >= 11 is 0. The van der Waals surface area contributed by atoms with E-state index in [0.29, 0.717) is 49.2 Å². The first kappa shape index (κ1) is 19.7. The molecule has 1 aromatic carbocycles. The first-order valence-electron chi connectivity index (χ1n) is 9.68. The zero-order valence-corrected chi connectivity index (χ0v) is 16.9. The van der Waals surface area contributed by atoms with E-state index in [0.717, 1.165) is 5.56 Å². The molecule has 30 heavy (non-hydrogen) atoms. The van der Waals surface area contributed by atoms with E-state index >= 15 is 0 Å². The first-order valence-corrected chi connectivity index (χ1v) is 9.68. The van der Waals surface area contributed by atoms with Crippen molar-refractivity contribution in [1.82, 2.24) is 19.5 Å². The van der Waals surface area contributed by atoms with Gasteiger partial charge in [0.05, 0.1) is 36.2 Å². The van der Waals surface area contributed by atoms with Crippen LogP contribution in [-0.2, 0) is 17.2 Å². The number of benzene rings is 1. The van der Waals surface area contributed by atoms with Crippen molar-refractivity contribution >= 4 is 5.95 Å². The van der Waals surface area contributed by atoms with Crippen molar-refractivity contribution in [3.63, 3.8) is 0 Å². The average molecular weight is 402 g/mol. The fourth-order valence-electron chi connectivity index (χ4n) is 3.69. The van der Waals surface area contributed by atoms with Gasteiger partial charge in [-0.1, -0.05) is 19.1 Å². The van der Waals surface area contributed by atoms with Crippen molar-refractivity contribution in [2.24, 2.45) is 7.05 Å². The summed E-state index contributed by atoms with van der Waals surface area (Å²) in [5, 5.41) is 9.08. The van der Waals surface area contributed by atoms with Crippen LogP contribution in [0.2, 0.25) is 0 Å². The molecular formula is C22H22N6O2. The third-order valence-electron chi connectivity index (χ3n) is 5.42. The van der Waals surface area contributed by atoms with Gasteiger partial charge < -0.3 is 9.64 Å². The van der Waals surface area contributed by atoms with Crippen molar-refractivity contribution in [2.75, 3.05) is 31.2 Å². The molecule has 0 spiro atoms. The molecule has 0 N–H and O–H groups in total. The molecule has 1 aliphatic heterocycles. The monoisotopic (exact) mass is 402 g/mol. The predicted molar refractivity (Wildman–Crippen MR) is 112 cm³/mol. The summed E-state index contributed by atoms with van der Waals surface area (Å²) in [5.41, 5.74) is 2.33. The van der Waals surface area contributed by atoms with Crippen LogP contribution in [0.3, 0.4) is 0 Å². The van der Waals surface area contributed by atoms with Crippen molar-refractivity contribution in [3.05, 3.63) is 70.4 Å². The van der Waals surface area contributed by atoms with Crippen molar-refractivity contribution in [1.29, 1.82) is 5.26 Å². The molecule has 152 valence electrons. The van der Waals surface area contributed by atoms with Gasteiger partial charge in [0.25, 0.3) is 5.56 Å². The van der Waals surface area contributed by atoms with Gasteiger partial charge in [0.15, 0.2) is 0 Å². The van der Waals surface area contributed by atoms with Gasteiger partial charge in [-0.15, -0.1) is 0 Å². The Hall–Kier alpha value is -3.57. The minimum absolute atomic E-state index is 0.154. The van der Waals surface area contributed by atoms with Crippen LogP contribution >= 0.6 is 0 Å². The molecule has 1 unspecified atom stereocenters. The quantitative estimate of drug-likeness (QED) is 0.660. The van der Waals surface area contributed by atoms with Gasteiger partial charge in [0.2, 0.25) is 5.95 Å². The van der Waals surface area contributed by atoms with E-state index in [1.54, 1.807) is 23.9 Å². The Bertz CT molecular complexity index is 1140. The molecule has 2 aromatic heterocycles. The molecule has 0 saturated carbocycles. The maximum Gasteiger partial charge on any atom is 0.255 e. The second-order valence-corrected chi connectivity index (χ2v) is 7.66. The van der Waals surface area contributed by atoms with Crippen LogP contribution in [0.1, 0.15) is 18.1 Å². The maximum absolute atomic E-state index is 12.7. The number of ether oxygens (including phenoxy) is 1. The van der Waals surface area contributed by atoms with Crippen LogP contribution in [0.5, 0.6) is 0 Å². The van der Waals surface area contributed by atoms with Gasteiger partial charge in [-0.25, -0.2) is 15.0 Å². The van der Waals surface area contributed by atoms with Crippen molar-refractivity contribution < 1.29 is 4.74 Å². The maximum atomic E-state index is 12.7. The van der Waals surface area contributed by atoms with E-state index in [4.69, 9.17) is 15.0 Å². The molecule has 1 fully saturated rings. The summed E-state index contributed by atoms with van der Waals surface area (Å²) in [6, 6.07) is 12.9. The van der Waals surface area contributed by atoms with Gasteiger partial charge in [-0.2, -0.15) is 5.26 Å². The molecule has 8 nitrogen and oxygen atoms in total. The number of aromatic nitrogens is 4. The van der Waals surface area contributed by atoms with Gasteiger partial charge in [-0.05, 0) is 23.8 Å². The Kier molecular flexibility index (Phi) is 5.29. The lowest BCUT2D eigenvalue weighted by Gasteiger charge is -2.33. The molecule has 1 atom stereocenters. The van der Waals surface area contributed by atoms with Gasteiger partial charge in [0.1, 0.15) is 6.33 Å². The number of anilines is 1. The Morgan fingerprint density at radius 1 is 1.20 bits per heavy atom. The Morgan fingerprint density at radius 2 is 2.00 bits per heavy atom. The highest BCUT2D eigenvalue weighted by atomic mass is 16.5. The number of rotatable bonds is 3. The predicted octanol–water partition coefficient (Wildman–Crippen LogP) is 1.90. The Labute approximate surface area is 174 Å². The second kappa shape index (κ2) is 8.05. The second-order valence-electron chi connectivity index (χ2n) is 7.66. The van der Waals surface area contributed by atoms with Crippen LogP contribution < -0.4 is 10.5 Å². The number of nitrogens with zero attached hydrogens (tertiary/aromatic N) is 6. The number of nitriles is 1. The fourth-order valence-corrected chi connectivity index (χ4v) is 3.69. The minimum Gasteiger partial charge on any atom is -0.379 e. The van der Waals surface area contributed by atoms with Crippen molar-refractivity contribution in [3.8, 4) is 17.5 Å². The number of hydrogen-bond acceptors (Lipinski definition) is 7. The highest BCUT2D eigenvalue weighted by Crippen LogP contribution is 2.29. The summed E-state index contributed by atoms with van der Waals surface area (Å²) in [6.45, 7) is 4.42. The Balaban J connectivity index is 1.73. The highest BCUT2D eigenvalue weighted by molar-refractivity contribution is 5.55. The van der Waals surface area contributed by atoms with Crippen LogP contribution in [0.25, 0.3) is 11.4 Å².